The van der Waals surface area contributed by atoms with E-state index in [1.807, 2.05) is 0 Å². The zero-order valence-corrected chi connectivity index (χ0v) is 10.6. The maximum Gasteiger partial charge on any atom is 0.254 e. The highest BCUT2D eigenvalue weighted by atomic mass is 16.3. The Morgan fingerprint density at radius 2 is 1.84 bits per heavy atom. The minimum absolute atomic E-state index is 0.0498. The zero-order valence-electron chi connectivity index (χ0n) is 10.6. The van der Waals surface area contributed by atoms with Crippen molar-refractivity contribution in [1.82, 2.24) is 10.2 Å². The van der Waals surface area contributed by atoms with Gasteiger partial charge in [0.15, 0.2) is 0 Å². The van der Waals surface area contributed by atoms with E-state index in [1.54, 1.807) is 0 Å². The van der Waals surface area contributed by atoms with Crippen LogP contribution in [0.25, 0.3) is 0 Å². The maximum atomic E-state index is 12.0. The van der Waals surface area contributed by atoms with Crippen LogP contribution in [0.15, 0.2) is 18.2 Å². The number of aromatic hydroxyl groups is 2. The van der Waals surface area contributed by atoms with E-state index in [1.165, 1.54) is 24.1 Å². The molecule has 2 rings (SSSR count). The number of hydrogen-bond donors (Lipinski definition) is 3. The van der Waals surface area contributed by atoms with Crippen molar-refractivity contribution in [3.8, 4) is 11.5 Å². The molecule has 0 aliphatic heterocycles. The summed E-state index contributed by atoms with van der Waals surface area (Å²) in [5.41, 5.74) is 0.138. The van der Waals surface area contributed by atoms with Crippen LogP contribution in [0, 0.1) is 0 Å². The van der Waals surface area contributed by atoms with Crippen LogP contribution < -0.4 is 5.32 Å². The molecule has 6 heteroatoms. The molecule has 0 aromatic heterocycles. The number of benzene rings is 1. The molecule has 0 spiro atoms. The van der Waals surface area contributed by atoms with Gasteiger partial charge < -0.3 is 20.4 Å². The summed E-state index contributed by atoms with van der Waals surface area (Å²) >= 11 is 0. The number of nitrogens with zero attached hydrogens (tertiary/aromatic N) is 1. The van der Waals surface area contributed by atoms with Gasteiger partial charge in [0, 0.05) is 24.7 Å². The second-order valence-corrected chi connectivity index (χ2v) is 4.74. The second kappa shape index (κ2) is 5.17. The van der Waals surface area contributed by atoms with Gasteiger partial charge in [-0.1, -0.05) is 0 Å². The Morgan fingerprint density at radius 1 is 1.26 bits per heavy atom. The number of hydrogen-bond acceptors (Lipinski definition) is 4. The Balaban J connectivity index is 1.98. The molecule has 1 aromatic carbocycles. The van der Waals surface area contributed by atoms with Gasteiger partial charge in [0.25, 0.3) is 5.91 Å². The van der Waals surface area contributed by atoms with Crippen LogP contribution in [-0.2, 0) is 4.79 Å². The lowest BCUT2D eigenvalue weighted by Gasteiger charge is -2.17. The number of phenols is 2. The predicted octanol–water partition coefficient (Wildman–Crippen LogP) is 0.448. The van der Waals surface area contributed by atoms with Gasteiger partial charge in [-0.2, -0.15) is 0 Å². The average Bonchev–Trinajstić information content (AvgIpc) is 3.10. The summed E-state index contributed by atoms with van der Waals surface area (Å²) in [5, 5.41) is 21.4. The van der Waals surface area contributed by atoms with Crippen LogP contribution in [-0.4, -0.2) is 46.6 Å². The molecule has 19 heavy (non-hydrogen) atoms. The number of rotatable bonds is 4. The fraction of sp³-hybridized carbons (Fsp3) is 0.385. The second-order valence-electron chi connectivity index (χ2n) is 4.74. The van der Waals surface area contributed by atoms with Crippen LogP contribution in [0.4, 0.5) is 0 Å². The minimum Gasteiger partial charge on any atom is -0.508 e. The van der Waals surface area contributed by atoms with Gasteiger partial charge in [-0.3, -0.25) is 9.59 Å². The first-order valence-corrected chi connectivity index (χ1v) is 6.03. The van der Waals surface area contributed by atoms with Crippen LogP contribution in [0.3, 0.4) is 0 Å². The molecule has 1 fully saturated rings. The van der Waals surface area contributed by atoms with Crippen LogP contribution >= 0.6 is 0 Å². The summed E-state index contributed by atoms with van der Waals surface area (Å²) in [7, 11) is 1.50. The molecule has 3 N–H and O–H groups in total. The van der Waals surface area contributed by atoms with E-state index < -0.39 is 5.91 Å². The summed E-state index contributed by atoms with van der Waals surface area (Å²) in [6.07, 6.45) is 1.98. The van der Waals surface area contributed by atoms with Gasteiger partial charge in [-0.05, 0) is 25.0 Å². The lowest BCUT2D eigenvalue weighted by atomic mass is 10.2. The molecule has 6 nitrogen and oxygen atoms in total. The fourth-order valence-corrected chi connectivity index (χ4v) is 1.73. The lowest BCUT2D eigenvalue weighted by Crippen LogP contribution is -2.39. The molecular formula is C13H16N2O4. The standard InChI is InChI=1S/C13H16N2O4/c1-15(7-12(18)14-9-2-3-9)13(19)8-4-10(16)6-11(17)5-8/h4-6,9,16-17H,2-3,7H2,1H3,(H,14,18). The minimum atomic E-state index is -0.433. The van der Waals surface area contributed by atoms with Crippen molar-refractivity contribution >= 4 is 11.8 Å². The molecule has 1 saturated carbocycles. The van der Waals surface area contributed by atoms with Crippen molar-refractivity contribution in [3.05, 3.63) is 23.8 Å². The summed E-state index contributed by atoms with van der Waals surface area (Å²) < 4.78 is 0. The molecule has 2 amide bonds. The van der Waals surface area contributed by atoms with Crippen molar-refractivity contribution < 1.29 is 19.8 Å². The number of carbonyl (C=O) groups is 2. The number of amides is 2. The molecule has 1 aliphatic rings. The highest BCUT2D eigenvalue weighted by Crippen LogP contribution is 2.21. The molecule has 0 bridgehead atoms. The number of likely N-dealkylation sites (N-methyl/N-ethyl adjacent to an activating group) is 1. The highest BCUT2D eigenvalue weighted by molar-refractivity contribution is 5.97. The Kier molecular flexibility index (Phi) is 3.59. The van der Waals surface area contributed by atoms with Crippen molar-refractivity contribution in [2.24, 2.45) is 0 Å². The molecule has 0 radical (unpaired) electrons. The van der Waals surface area contributed by atoms with Gasteiger partial charge in [-0.25, -0.2) is 0 Å². The van der Waals surface area contributed by atoms with Crippen LogP contribution in [0.5, 0.6) is 11.5 Å². The monoisotopic (exact) mass is 264 g/mol. The van der Waals surface area contributed by atoms with Crippen molar-refractivity contribution in [2.45, 2.75) is 18.9 Å². The summed E-state index contributed by atoms with van der Waals surface area (Å²) in [6, 6.07) is 3.88. The van der Waals surface area contributed by atoms with Gasteiger partial charge in [-0.15, -0.1) is 0 Å². The maximum absolute atomic E-state index is 12.0. The summed E-state index contributed by atoms with van der Waals surface area (Å²) in [6.45, 7) is -0.0498. The van der Waals surface area contributed by atoms with E-state index in [2.05, 4.69) is 5.32 Å². The number of carbonyl (C=O) groups excluding carboxylic acids is 2. The van der Waals surface area contributed by atoms with Crippen LogP contribution in [0.1, 0.15) is 23.2 Å². The zero-order chi connectivity index (χ0) is 14.0. The van der Waals surface area contributed by atoms with E-state index in [9.17, 15) is 19.8 Å². The summed E-state index contributed by atoms with van der Waals surface area (Å²) in [5.74, 6) is -1.03. The molecule has 102 valence electrons. The largest absolute Gasteiger partial charge is 0.508 e. The van der Waals surface area contributed by atoms with E-state index in [4.69, 9.17) is 0 Å². The van der Waals surface area contributed by atoms with Gasteiger partial charge in [0.1, 0.15) is 11.5 Å². The molecule has 1 aliphatic carbocycles. The van der Waals surface area contributed by atoms with E-state index >= 15 is 0 Å². The quantitative estimate of drug-likeness (QED) is 0.736. The molecule has 0 saturated heterocycles. The normalized spacial score (nSPS) is 13.9. The molecule has 0 atom stereocenters. The van der Waals surface area contributed by atoms with E-state index in [0.717, 1.165) is 18.9 Å². The first-order valence-electron chi connectivity index (χ1n) is 6.03. The fourth-order valence-electron chi connectivity index (χ4n) is 1.73. The average molecular weight is 264 g/mol. The predicted molar refractivity (Wildman–Crippen MR) is 67.9 cm³/mol. The van der Waals surface area contributed by atoms with Crippen LogP contribution in [0.2, 0.25) is 0 Å². The molecular weight excluding hydrogens is 248 g/mol. The van der Waals surface area contributed by atoms with Gasteiger partial charge in [0.05, 0.1) is 6.54 Å². The first-order chi connectivity index (χ1) is 8.95. The van der Waals surface area contributed by atoms with E-state index in [-0.39, 0.29) is 35.6 Å². The Labute approximate surface area is 110 Å². The van der Waals surface area contributed by atoms with Gasteiger partial charge in [0.2, 0.25) is 5.91 Å². The first kappa shape index (κ1) is 13.2. The molecule has 0 unspecified atom stereocenters. The van der Waals surface area contributed by atoms with Crippen molar-refractivity contribution in [1.29, 1.82) is 0 Å². The smallest absolute Gasteiger partial charge is 0.254 e. The Hall–Kier alpha value is -2.24. The van der Waals surface area contributed by atoms with Gasteiger partial charge >= 0.3 is 0 Å². The molecule has 0 heterocycles. The molecule has 1 aromatic rings. The van der Waals surface area contributed by atoms with Crippen molar-refractivity contribution in [3.63, 3.8) is 0 Å². The third-order valence-electron chi connectivity index (χ3n) is 2.82. The number of phenolic OH excluding ortho intramolecular Hbond substituents is 2. The Bertz CT molecular complexity index is 491. The van der Waals surface area contributed by atoms with Crippen molar-refractivity contribution in [2.75, 3.05) is 13.6 Å². The topological polar surface area (TPSA) is 89.9 Å². The third-order valence-corrected chi connectivity index (χ3v) is 2.82. The third kappa shape index (κ3) is 3.61. The SMILES string of the molecule is CN(CC(=O)NC1CC1)C(=O)c1cc(O)cc(O)c1. The lowest BCUT2D eigenvalue weighted by molar-refractivity contribution is -0.121. The Morgan fingerprint density at radius 3 is 2.37 bits per heavy atom. The summed E-state index contributed by atoms with van der Waals surface area (Å²) in [4.78, 5) is 24.8. The number of nitrogens with one attached hydrogen (secondary N) is 1. The highest BCUT2D eigenvalue weighted by Gasteiger charge is 2.24. The van der Waals surface area contributed by atoms with E-state index in [0.29, 0.717) is 0 Å².